The first-order chi connectivity index (χ1) is 17.5. The number of benzene rings is 2. The number of aromatic nitrogens is 4. The third-order valence-electron chi connectivity index (χ3n) is 6.73. The van der Waals surface area contributed by atoms with Gasteiger partial charge in [-0.1, -0.05) is 68.4 Å². The number of carbonyl (C=O) groups is 1. The number of anilines is 2. The molecule has 1 aliphatic rings. The zero-order valence-electron chi connectivity index (χ0n) is 20.9. The highest BCUT2D eigenvalue weighted by atomic mass is 16.1. The molecule has 2 aromatic carbocycles. The van der Waals surface area contributed by atoms with Gasteiger partial charge in [0.2, 0.25) is 11.9 Å². The molecule has 36 heavy (non-hydrogen) atoms. The summed E-state index contributed by atoms with van der Waals surface area (Å²) in [5.41, 5.74) is 10.8. The lowest BCUT2D eigenvalue weighted by molar-refractivity contribution is 0.0993. The molecular weight excluding hydrogens is 450 g/mol. The predicted octanol–water partition coefficient (Wildman–Crippen LogP) is 4.21. The summed E-state index contributed by atoms with van der Waals surface area (Å²) in [4.78, 5) is 24.6. The Morgan fingerprint density at radius 2 is 1.81 bits per heavy atom. The Balaban J connectivity index is 1.37. The van der Waals surface area contributed by atoms with E-state index < -0.39 is 0 Å². The van der Waals surface area contributed by atoms with E-state index in [0.717, 1.165) is 53.8 Å². The quantitative estimate of drug-likeness (QED) is 0.362. The van der Waals surface area contributed by atoms with Crippen molar-refractivity contribution in [3.63, 3.8) is 0 Å². The molecule has 0 aliphatic carbocycles. The van der Waals surface area contributed by atoms with Gasteiger partial charge in [-0.25, -0.2) is 0 Å². The minimum absolute atomic E-state index is 0.113. The molecule has 0 amide bonds. The number of carbonyl (C=O) groups excluding carboxylic acids is 1. The van der Waals surface area contributed by atoms with Crippen LogP contribution in [0.2, 0.25) is 0 Å². The highest BCUT2D eigenvalue weighted by Crippen LogP contribution is 2.25. The second-order valence-electron chi connectivity index (χ2n) is 9.80. The van der Waals surface area contributed by atoms with Crippen molar-refractivity contribution < 1.29 is 4.79 Å². The highest BCUT2D eigenvalue weighted by Gasteiger charge is 2.22. The zero-order valence-corrected chi connectivity index (χ0v) is 20.9. The van der Waals surface area contributed by atoms with Crippen molar-refractivity contribution in [1.82, 2.24) is 19.6 Å². The Morgan fingerprint density at radius 1 is 1.06 bits per heavy atom. The van der Waals surface area contributed by atoms with Crippen molar-refractivity contribution in [1.29, 1.82) is 0 Å². The Kier molecular flexibility index (Phi) is 6.95. The van der Waals surface area contributed by atoms with Gasteiger partial charge >= 0.3 is 0 Å². The van der Waals surface area contributed by atoms with Gasteiger partial charge in [-0.15, -0.1) is 0 Å². The highest BCUT2D eigenvalue weighted by molar-refractivity contribution is 5.97. The Hall–Kier alpha value is -3.78. The third kappa shape index (κ3) is 5.23. The maximum atomic E-state index is 12.7. The summed E-state index contributed by atoms with van der Waals surface area (Å²) in [6.45, 7) is 6.54. The van der Waals surface area contributed by atoms with Crippen molar-refractivity contribution in [2.24, 2.45) is 5.73 Å². The molecule has 1 aliphatic heterocycles. The number of nitrogens with one attached hydrogen (secondary N) is 1. The van der Waals surface area contributed by atoms with E-state index >= 15 is 0 Å². The van der Waals surface area contributed by atoms with Gasteiger partial charge in [0.05, 0.1) is 6.20 Å². The lowest BCUT2D eigenvalue weighted by Crippen LogP contribution is -2.40. The summed E-state index contributed by atoms with van der Waals surface area (Å²) in [7, 11) is 0. The molecule has 0 saturated carbocycles. The van der Waals surface area contributed by atoms with E-state index in [9.17, 15) is 4.79 Å². The number of rotatable bonds is 8. The molecule has 3 N–H and O–H groups in total. The maximum Gasteiger partial charge on any atom is 0.230 e. The molecule has 1 saturated heterocycles. The first-order valence-corrected chi connectivity index (χ1v) is 12.6. The fraction of sp³-hybridized carbons (Fsp3) is 0.357. The molecule has 1 fully saturated rings. The zero-order chi connectivity index (χ0) is 25.1. The fourth-order valence-corrected chi connectivity index (χ4v) is 4.59. The smallest absolute Gasteiger partial charge is 0.230 e. The molecule has 2 aromatic heterocycles. The molecule has 8 nitrogen and oxygen atoms in total. The van der Waals surface area contributed by atoms with Gasteiger partial charge in [0.25, 0.3) is 0 Å². The minimum atomic E-state index is 0.113. The average Bonchev–Trinajstić information content (AvgIpc) is 3.33. The van der Waals surface area contributed by atoms with Crippen LogP contribution in [-0.2, 0) is 13.0 Å². The normalized spacial score (nSPS) is 14.5. The van der Waals surface area contributed by atoms with Crippen LogP contribution in [0.3, 0.4) is 0 Å². The number of ketones is 1. The fourth-order valence-electron chi connectivity index (χ4n) is 4.59. The summed E-state index contributed by atoms with van der Waals surface area (Å²) in [5, 5.41) is 8.06. The van der Waals surface area contributed by atoms with Crippen LogP contribution in [0, 0.1) is 0 Å². The second-order valence-corrected chi connectivity index (χ2v) is 9.80. The molecule has 0 spiro atoms. The van der Waals surface area contributed by atoms with Crippen LogP contribution in [0.15, 0.2) is 60.8 Å². The van der Waals surface area contributed by atoms with Crippen molar-refractivity contribution in [2.75, 3.05) is 23.3 Å². The Morgan fingerprint density at radius 3 is 2.56 bits per heavy atom. The summed E-state index contributed by atoms with van der Waals surface area (Å²) in [5.74, 6) is 1.78. The van der Waals surface area contributed by atoms with Gasteiger partial charge in [-0.05, 0) is 29.9 Å². The average molecular weight is 484 g/mol. The summed E-state index contributed by atoms with van der Waals surface area (Å²) < 4.78 is 1.79. The van der Waals surface area contributed by atoms with Crippen LogP contribution in [-0.4, -0.2) is 44.5 Å². The van der Waals surface area contributed by atoms with Gasteiger partial charge in [0, 0.05) is 43.2 Å². The summed E-state index contributed by atoms with van der Waals surface area (Å²) in [6.07, 6.45) is 4.11. The lowest BCUT2D eigenvalue weighted by atomic mass is 10.0. The monoisotopic (exact) mass is 483 g/mol. The largest absolute Gasteiger partial charge is 0.350 e. The van der Waals surface area contributed by atoms with Gasteiger partial charge in [-0.2, -0.15) is 19.6 Å². The van der Waals surface area contributed by atoms with Crippen LogP contribution in [0.5, 0.6) is 0 Å². The van der Waals surface area contributed by atoms with E-state index in [1.807, 2.05) is 48.7 Å². The number of Topliss-reactive ketones (excluding diaryl/α,β-unsaturated/α-hetero) is 1. The van der Waals surface area contributed by atoms with Gasteiger partial charge in [0.1, 0.15) is 0 Å². The molecule has 5 rings (SSSR count). The molecule has 0 bridgehead atoms. The number of fused-ring (bicyclic) bond motifs is 1. The van der Waals surface area contributed by atoms with E-state index in [4.69, 9.17) is 15.7 Å². The van der Waals surface area contributed by atoms with Crippen molar-refractivity contribution >= 4 is 23.3 Å². The van der Waals surface area contributed by atoms with Gasteiger partial charge in [-0.3, -0.25) is 4.79 Å². The van der Waals surface area contributed by atoms with Crippen molar-refractivity contribution in [3.8, 4) is 0 Å². The van der Waals surface area contributed by atoms with E-state index in [0.29, 0.717) is 30.8 Å². The first kappa shape index (κ1) is 23.9. The van der Waals surface area contributed by atoms with Gasteiger partial charge < -0.3 is 16.0 Å². The van der Waals surface area contributed by atoms with Crippen molar-refractivity contribution in [2.45, 2.75) is 51.6 Å². The van der Waals surface area contributed by atoms with Crippen LogP contribution in [0.1, 0.15) is 59.7 Å². The lowest BCUT2D eigenvalue weighted by Gasteiger charge is -2.30. The summed E-state index contributed by atoms with van der Waals surface area (Å²) in [6, 6.07) is 17.8. The van der Waals surface area contributed by atoms with E-state index in [1.54, 1.807) is 4.52 Å². The van der Waals surface area contributed by atoms with Crippen molar-refractivity contribution in [3.05, 3.63) is 83.0 Å². The second kappa shape index (κ2) is 10.5. The molecule has 8 heteroatoms. The number of nitrogens with two attached hydrogens (primary N) is 1. The molecule has 0 unspecified atom stereocenters. The molecule has 0 radical (unpaired) electrons. The van der Waals surface area contributed by atoms with E-state index in [2.05, 4.69) is 41.3 Å². The maximum absolute atomic E-state index is 12.7. The topological polar surface area (TPSA) is 101 Å². The predicted molar refractivity (Wildman–Crippen MR) is 143 cm³/mol. The van der Waals surface area contributed by atoms with Crippen LogP contribution in [0.4, 0.5) is 11.9 Å². The summed E-state index contributed by atoms with van der Waals surface area (Å²) >= 11 is 0. The van der Waals surface area contributed by atoms with Crippen LogP contribution < -0.4 is 16.0 Å². The molecular formula is C28H33N7O. The standard InChI is InChI=1S/C28H33N7O/c1-19(2)24-18-31-35-26(24)32-28(34-13-11-23(29)12-14-34)33-27(35)30-17-21-8-6-7-20(15-21)16-25(36)22-9-4-3-5-10-22/h3-10,15,18-19,23H,11-14,16-17,29H2,1-2H3,(H,30,32,33). The third-order valence-corrected chi connectivity index (χ3v) is 6.73. The first-order valence-electron chi connectivity index (χ1n) is 12.6. The SMILES string of the molecule is CC(C)c1cnn2c(NCc3cccc(CC(=O)c4ccccc4)c3)nc(N3CCC(N)CC3)nc12. The van der Waals surface area contributed by atoms with Crippen LogP contribution in [0.25, 0.3) is 5.65 Å². The Labute approximate surface area is 211 Å². The van der Waals surface area contributed by atoms with Crippen LogP contribution >= 0.6 is 0 Å². The van der Waals surface area contributed by atoms with Gasteiger partial charge in [0.15, 0.2) is 11.4 Å². The van der Waals surface area contributed by atoms with E-state index in [1.165, 1.54) is 0 Å². The Bertz CT molecular complexity index is 1340. The van der Waals surface area contributed by atoms with E-state index in [-0.39, 0.29) is 11.8 Å². The molecule has 0 atom stereocenters. The number of hydrogen-bond donors (Lipinski definition) is 2. The number of nitrogens with zero attached hydrogens (tertiary/aromatic N) is 5. The molecule has 3 heterocycles. The molecule has 4 aromatic rings. The molecule has 186 valence electrons. The minimum Gasteiger partial charge on any atom is -0.350 e. The number of hydrogen-bond acceptors (Lipinski definition) is 7. The number of piperidine rings is 1.